The summed E-state index contributed by atoms with van der Waals surface area (Å²) >= 11 is 0. The van der Waals surface area contributed by atoms with Gasteiger partial charge in [-0.3, -0.25) is 0 Å². The quantitative estimate of drug-likeness (QED) is 0.869. The first-order chi connectivity index (χ1) is 8.74. The molecule has 0 unspecified atom stereocenters. The molecular weight excluding hydrogens is 228 g/mol. The van der Waals surface area contributed by atoms with Gasteiger partial charge in [-0.15, -0.1) is 0 Å². The summed E-state index contributed by atoms with van der Waals surface area (Å²) in [7, 11) is 0. The summed E-state index contributed by atoms with van der Waals surface area (Å²) in [6.45, 7) is 0. The zero-order valence-electron chi connectivity index (χ0n) is 9.29. The van der Waals surface area contributed by atoms with Crippen LogP contribution in [0, 0.1) is 22.7 Å². The second-order valence-corrected chi connectivity index (χ2v) is 3.50. The van der Waals surface area contributed by atoms with Crippen LogP contribution in [0.3, 0.4) is 0 Å². The van der Waals surface area contributed by atoms with Gasteiger partial charge in [0.05, 0.1) is 5.56 Å². The molecule has 0 radical (unpaired) electrons. The lowest BCUT2D eigenvalue weighted by Crippen LogP contribution is -1.91. The Morgan fingerprint density at radius 3 is 2.28 bits per heavy atom. The Hall–Kier alpha value is -2.98. The summed E-state index contributed by atoms with van der Waals surface area (Å²) in [5.74, 6) is 0.940. The van der Waals surface area contributed by atoms with Crippen molar-refractivity contribution in [2.75, 3.05) is 0 Å². The van der Waals surface area contributed by atoms with E-state index < -0.39 is 0 Å². The van der Waals surface area contributed by atoms with E-state index in [1.54, 1.807) is 30.3 Å². The molecular formula is C14H8N2O2. The normalized spacial score (nSPS) is 9.22. The fourth-order valence-corrected chi connectivity index (χ4v) is 1.47. The third kappa shape index (κ3) is 2.23. The molecule has 1 N–H and O–H groups in total. The first-order valence-corrected chi connectivity index (χ1v) is 5.14. The van der Waals surface area contributed by atoms with Crippen molar-refractivity contribution in [1.82, 2.24) is 0 Å². The van der Waals surface area contributed by atoms with Gasteiger partial charge in [0, 0.05) is 0 Å². The Kier molecular flexibility index (Phi) is 3.13. The van der Waals surface area contributed by atoms with Gasteiger partial charge in [-0.05, 0) is 36.4 Å². The molecule has 0 aliphatic carbocycles. The highest BCUT2D eigenvalue weighted by Crippen LogP contribution is 2.27. The summed E-state index contributed by atoms with van der Waals surface area (Å²) in [5, 5.41) is 27.1. The third-order valence-electron chi connectivity index (χ3n) is 2.32. The van der Waals surface area contributed by atoms with Crippen molar-refractivity contribution in [3.8, 4) is 29.4 Å². The van der Waals surface area contributed by atoms with Crippen LogP contribution in [0.25, 0.3) is 0 Å². The molecule has 2 rings (SSSR count). The van der Waals surface area contributed by atoms with Crippen LogP contribution in [-0.2, 0) is 0 Å². The maximum Gasteiger partial charge on any atom is 0.146 e. The number of nitrogens with zero attached hydrogens (tertiary/aromatic N) is 2. The monoisotopic (exact) mass is 236 g/mol. The van der Waals surface area contributed by atoms with Gasteiger partial charge in [0.15, 0.2) is 0 Å². The lowest BCUT2D eigenvalue weighted by molar-refractivity contribution is 0.463. The van der Waals surface area contributed by atoms with E-state index in [1.807, 2.05) is 12.1 Å². The Morgan fingerprint density at radius 2 is 1.67 bits per heavy atom. The molecule has 0 fully saturated rings. The molecule has 0 atom stereocenters. The van der Waals surface area contributed by atoms with E-state index in [0.717, 1.165) is 0 Å². The predicted octanol–water partition coefficient (Wildman–Crippen LogP) is 2.93. The van der Waals surface area contributed by atoms with E-state index in [4.69, 9.17) is 20.4 Å². The van der Waals surface area contributed by atoms with E-state index in [2.05, 4.69) is 0 Å². The van der Waals surface area contributed by atoms with Crippen LogP contribution in [0.2, 0.25) is 0 Å². The van der Waals surface area contributed by atoms with Crippen molar-refractivity contribution in [2.45, 2.75) is 0 Å². The second-order valence-electron chi connectivity index (χ2n) is 3.50. The van der Waals surface area contributed by atoms with Crippen LogP contribution in [0.5, 0.6) is 17.2 Å². The van der Waals surface area contributed by atoms with Crippen molar-refractivity contribution in [3.63, 3.8) is 0 Å². The summed E-state index contributed by atoms with van der Waals surface area (Å²) in [6, 6.07) is 14.8. The Bertz CT molecular complexity index is 649. The number of aromatic hydroxyl groups is 1. The molecule has 0 bridgehead atoms. The van der Waals surface area contributed by atoms with Crippen LogP contribution >= 0.6 is 0 Å². The molecule has 2 aromatic rings. The fourth-order valence-electron chi connectivity index (χ4n) is 1.47. The van der Waals surface area contributed by atoms with Gasteiger partial charge in [-0.1, -0.05) is 6.07 Å². The van der Waals surface area contributed by atoms with Crippen molar-refractivity contribution < 1.29 is 9.84 Å². The first-order valence-electron chi connectivity index (χ1n) is 5.14. The average Bonchev–Trinajstić information content (AvgIpc) is 2.41. The standard InChI is InChI=1S/C14H8N2O2/c15-8-10-2-1-3-14(13(10)9-16)18-12-6-4-11(17)5-7-12/h1-7,17H. The largest absolute Gasteiger partial charge is 0.508 e. The maximum atomic E-state index is 9.15. The van der Waals surface area contributed by atoms with Gasteiger partial charge in [0.2, 0.25) is 0 Å². The van der Waals surface area contributed by atoms with E-state index in [9.17, 15) is 0 Å². The summed E-state index contributed by atoms with van der Waals surface area (Å²) in [5.41, 5.74) is 0.474. The van der Waals surface area contributed by atoms with Crippen LogP contribution in [0.1, 0.15) is 11.1 Å². The van der Waals surface area contributed by atoms with Crippen LogP contribution in [-0.4, -0.2) is 5.11 Å². The van der Waals surface area contributed by atoms with Gasteiger partial charge >= 0.3 is 0 Å². The lowest BCUT2D eigenvalue weighted by Gasteiger charge is -2.07. The summed E-state index contributed by atoms with van der Waals surface area (Å²) in [6.07, 6.45) is 0. The molecule has 18 heavy (non-hydrogen) atoms. The first kappa shape index (κ1) is 11.5. The number of phenolic OH excluding ortho intramolecular Hbond substituents is 1. The van der Waals surface area contributed by atoms with Gasteiger partial charge in [-0.2, -0.15) is 10.5 Å². The van der Waals surface area contributed by atoms with Crippen molar-refractivity contribution >= 4 is 0 Å². The number of hydrogen-bond donors (Lipinski definition) is 1. The van der Waals surface area contributed by atoms with Gasteiger partial charge in [-0.25, -0.2) is 0 Å². The number of phenols is 1. The van der Waals surface area contributed by atoms with E-state index in [0.29, 0.717) is 11.5 Å². The number of hydrogen-bond acceptors (Lipinski definition) is 4. The van der Waals surface area contributed by atoms with Crippen molar-refractivity contribution in [2.24, 2.45) is 0 Å². The number of ether oxygens (including phenoxy) is 1. The Labute approximate surface area is 104 Å². The minimum atomic E-state index is 0.133. The topological polar surface area (TPSA) is 77.0 Å². The molecule has 4 heteroatoms. The highest BCUT2D eigenvalue weighted by atomic mass is 16.5. The fraction of sp³-hybridized carbons (Fsp3) is 0. The maximum absolute atomic E-state index is 9.15. The zero-order chi connectivity index (χ0) is 13.0. The molecule has 0 aliphatic heterocycles. The lowest BCUT2D eigenvalue weighted by atomic mass is 10.1. The number of nitriles is 2. The molecule has 0 heterocycles. The molecule has 2 aromatic carbocycles. The Morgan fingerprint density at radius 1 is 0.944 bits per heavy atom. The SMILES string of the molecule is N#Cc1cccc(Oc2ccc(O)cc2)c1C#N. The smallest absolute Gasteiger partial charge is 0.146 e. The minimum Gasteiger partial charge on any atom is -0.508 e. The summed E-state index contributed by atoms with van der Waals surface area (Å²) < 4.78 is 5.51. The van der Waals surface area contributed by atoms with Crippen LogP contribution in [0.15, 0.2) is 42.5 Å². The highest BCUT2D eigenvalue weighted by molar-refractivity contribution is 5.55. The molecule has 0 aromatic heterocycles. The third-order valence-corrected chi connectivity index (χ3v) is 2.32. The zero-order valence-corrected chi connectivity index (χ0v) is 9.29. The van der Waals surface area contributed by atoms with Gasteiger partial charge < -0.3 is 9.84 Å². The minimum absolute atomic E-state index is 0.133. The molecule has 0 aliphatic rings. The van der Waals surface area contributed by atoms with Crippen molar-refractivity contribution in [1.29, 1.82) is 10.5 Å². The van der Waals surface area contributed by atoms with Crippen LogP contribution in [0.4, 0.5) is 0 Å². The molecule has 0 amide bonds. The Balaban J connectivity index is 2.38. The van der Waals surface area contributed by atoms with E-state index >= 15 is 0 Å². The molecule has 0 saturated heterocycles. The van der Waals surface area contributed by atoms with Gasteiger partial charge in [0.25, 0.3) is 0 Å². The van der Waals surface area contributed by atoms with E-state index in [-0.39, 0.29) is 16.9 Å². The summed E-state index contributed by atoms with van der Waals surface area (Å²) in [4.78, 5) is 0. The van der Waals surface area contributed by atoms with Gasteiger partial charge in [0.1, 0.15) is 35.0 Å². The second kappa shape index (κ2) is 4.90. The number of benzene rings is 2. The van der Waals surface area contributed by atoms with Crippen LogP contribution < -0.4 is 4.74 Å². The van der Waals surface area contributed by atoms with E-state index in [1.165, 1.54) is 12.1 Å². The number of rotatable bonds is 2. The average molecular weight is 236 g/mol. The van der Waals surface area contributed by atoms with Crippen molar-refractivity contribution in [3.05, 3.63) is 53.6 Å². The molecule has 86 valence electrons. The molecule has 4 nitrogen and oxygen atoms in total. The molecule has 0 saturated carbocycles. The predicted molar refractivity (Wildman–Crippen MR) is 64.1 cm³/mol. The highest BCUT2D eigenvalue weighted by Gasteiger charge is 2.09. The molecule has 0 spiro atoms.